The maximum absolute atomic E-state index is 12.3. The van der Waals surface area contributed by atoms with Crippen LogP contribution in [0.5, 0.6) is 0 Å². The summed E-state index contributed by atoms with van der Waals surface area (Å²) < 4.78 is 0. The van der Waals surface area contributed by atoms with Crippen molar-refractivity contribution in [3.63, 3.8) is 0 Å². The third-order valence-corrected chi connectivity index (χ3v) is 4.92. The summed E-state index contributed by atoms with van der Waals surface area (Å²) in [6.07, 6.45) is 1.17. The van der Waals surface area contributed by atoms with E-state index in [4.69, 9.17) is 52.1 Å². The summed E-state index contributed by atoms with van der Waals surface area (Å²) in [5, 5.41) is 1.14. The van der Waals surface area contributed by atoms with Gasteiger partial charge in [0.2, 0.25) is 0 Å². The molecular weight excluding hydrogens is 488 g/mol. The average Bonchev–Trinajstić information content (AvgIpc) is 2.71. The van der Waals surface area contributed by atoms with E-state index in [1.165, 1.54) is 42.7 Å². The fraction of sp³-hybridized carbons (Fsp3) is 0. The van der Waals surface area contributed by atoms with Gasteiger partial charge in [0.05, 0.1) is 21.2 Å². The highest BCUT2D eigenvalue weighted by Gasteiger charge is 2.15. The van der Waals surface area contributed by atoms with Crippen LogP contribution in [-0.4, -0.2) is 21.8 Å². The molecule has 0 aliphatic carbocycles. The molecule has 0 aliphatic heterocycles. The van der Waals surface area contributed by atoms with E-state index < -0.39 is 11.8 Å². The lowest BCUT2D eigenvalue weighted by molar-refractivity contribution is 0.0954. The number of hydrazine groups is 2. The first kappa shape index (κ1) is 22.7. The first-order valence-corrected chi connectivity index (χ1v) is 9.90. The molecule has 3 rings (SSSR count). The molecule has 0 radical (unpaired) electrons. The first-order chi connectivity index (χ1) is 14.8. The summed E-state index contributed by atoms with van der Waals surface area (Å²) in [7, 11) is 0. The van der Waals surface area contributed by atoms with Crippen LogP contribution in [0.15, 0.2) is 42.7 Å². The van der Waals surface area contributed by atoms with Gasteiger partial charge in [0.15, 0.2) is 11.6 Å². The third kappa shape index (κ3) is 5.59. The van der Waals surface area contributed by atoms with E-state index in [1.807, 2.05) is 0 Å². The normalized spacial score (nSPS) is 10.3. The van der Waals surface area contributed by atoms with Gasteiger partial charge >= 0.3 is 0 Å². The van der Waals surface area contributed by atoms with Crippen LogP contribution >= 0.6 is 46.4 Å². The molecule has 0 spiro atoms. The summed E-state index contributed by atoms with van der Waals surface area (Å²) in [5.41, 5.74) is 16.4. The maximum Gasteiger partial charge on any atom is 0.271 e. The number of nitrogen functional groups attached to an aromatic ring is 1. The van der Waals surface area contributed by atoms with Crippen LogP contribution in [0.2, 0.25) is 20.1 Å². The summed E-state index contributed by atoms with van der Waals surface area (Å²) in [6.45, 7) is 0. The predicted octanol–water partition coefficient (Wildman–Crippen LogP) is 4.19. The highest BCUT2D eigenvalue weighted by Crippen LogP contribution is 2.24. The molecule has 0 bridgehead atoms. The SMILES string of the molecule is Nc1c(NNC(=O)c2ccc(Cl)cc2Cl)ncnc1NNC(=O)c1ccc(Cl)cc1Cl. The topological polar surface area (TPSA) is 134 Å². The molecule has 13 heteroatoms. The van der Waals surface area contributed by atoms with Gasteiger partial charge in [-0.05, 0) is 36.4 Å². The van der Waals surface area contributed by atoms with E-state index in [0.717, 1.165) is 0 Å². The predicted molar refractivity (Wildman–Crippen MR) is 122 cm³/mol. The number of amides is 2. The quantitative estimate of drug-likeness (QED) is 0.320. The van der Waals surface area contributed by atoms with Crippen molar-refractivity contribution in [1.29, 1.82) is 0 Å². The standard InChI is InChI=1S/C18H13Cl4N7O2/c19-8-1-3-10(12(21)5-8)17(30)28-26-15-14(23)16(25-7-24-15)27-29-18(31)11-4-2-9(20)6-13(11)22/h1-7H,23H2,(H,28,30)(H,29,31)(H2,24,25,26,27). The van der Waals surface area contributed by atoms with Gasteiger partial charge in [-0.3, -0.25) is 31.3 Å². The number of halogens is 4. The molecule has 1 heterocycles. The number of hydrogen-bond donors (Lipinski definition) is 5. The second kappa shape index (κ2) is 9.88. The Morgan fingerprint density at radius 1 is 0.742 bits per heavy atom. The molecule has 3 aromatic rings. The largest absolute Gasteiger partial charge is 0.393 e. The zero-order valence-electron chi connectivity index (χ0n) is 15.3. The number of carbonyl (C=O) groups excluding carboxylic acids is 2. The van der Waals surface area contributed by atoms with Gasteiger partial charge in [-0.2, -0.15) is 0 Å². The number of benzene rings is 2. The van der Waals surface area contributed by atoms with E-state index in [2.05, 4.69) is 31.7 Å². The summed E-state index contributed by atoms with van der Waals surface area (Å²) in [4.78, 5) is 32.5. The molecule has 0 saturated carbocycles. The average molecular weight is 501 g/mol. The van der Waals surface area contributed by atoms with Crippen molar-refractivity contribution in [3.8, 4) is 0 Å². The van der Waals surface area contributed by atoms with Crippen LogP contribution in [0.4, 0.5) is 17.3 Å². The Kier molecular flexibility index (Phi) is 7.24. The lowest BCUT2D eigenvalue weighted by Crippen LogP contribution is -2.32. The molecule has 2 amide bonds. The van der Waals surface area contributed by atoms with E-state index >= 15 is 0 Å². The van der Waals surface area contributed by atoms with Crippen LogP contribution in [0, 0.1) is 0 Å². The fourth-order valence-electron chi connectivity index (χ4n) is 2.31. The summed E-state index contributed by atoms with van der Waals surface area (Å²) in [5.74, 6) is -0.927. The number of carbonyl (C=O) groups is 2. The lowest BCUT2D eigenvalue weighted by Gasteiger charge is -2.14. The van der Waals surface area contributed by atoms with Gasteiger partial charge < -0.3 is 5.73 Å². The lowest BCUT2D eigenvalue weighted by atomic mass is 10.2. The van der Waals surface area contributed by atoms with E-state index in [9.17, 15) is 9.59 Å². The summed E-state index contributed by atoms with van der Waals surface area (Å²) >= 11 is 23.7. The second-order valence-corrected chi connectivity index (χ2v) is 7.58. The molecule has 2 aromatic carbocycles. The molecule has 160 valence electrons. The second-order valence-electron chi connectivity index (χ2n) is 5.89. The molecule has 0 atom stereocenters. The Balaban J connectivity index is 1.65. The minimum atomic E-state index is -0.542. The van der Waals surface area contributed by atoms with Crippen LogP contribution in [0.3, 0.4) is 0 Å². The van der Waals surface area contributed by atoms with Crippen LogP contribution in [0.1, 0.15) is 20.7 Å². The minimum Gasteiger partial charge on any atom is -0.393 e. The zero-order chi connectivity index (χ0) is 22.5. The molecule has 31 heavy (non-hydrogen) atoms. The Morgan fingerprint density at radius 3 is 1.55 bits per heavy atom. The monoisotopic (exact) mass is 499 g/mol. The number of aromatic nitrogens is 2. The first-order valence-electron chi connectivity index (χ1n) is 8.39. The number of hydrogen-bond acceptors (Lipinski definition) is 7. The van der Waals surface area contributed by atoms with Crippen LogP contribution in [-0.2, 0) is 0 Å². The van der Waals surface area contributed by atoms with Gasteiger partial charge in [0.1, 0.15) is 12.0 Å². The van der Waals surface area contributed by atoms with Crippen molar-refractivity contribution < 1.29 is 9.59 Å². The van der Waals surface area contributed by atoms with Gasteiger partial charge in [0.25, 0.3) is 11.8 Å². The van der Waals surface area contributed by atoms with Crippen molar-refractivity contribution in [2.75, 3.05) is 16.6 Å². The Hall–Kier alpha value is -2.98. The maximum atomic E-state index is 12.3. The van der Waals surface area contributed by atoms with Crippen molar-refractivity contribution in [1.82, 2.24) is 20.8 Å². The van der Waals surface area contributed by atoms with Gasteiger partial charge in [-0.1, -0.05) is 46.4 Å². The zero-order valence-corrected chi connectivity index (χ0v) is 18.4. The van der Waals surface area contributed by atoms with Crippen molar-refractivity contribution in [3.05, 3.63) is 73.9 Å². The van der Waals surface area contributed by atoms with Crippen molar-refractivity contribution in [2.24, 2.45) is 0 Å². The minimum absolute atomic E-state index is 0.0208. The van der Waals surface area contributed by atoms with E-state index in [-0.39, 0.29) is 38.5 Å². The molecule has 9 nitrogen and oxygen atoms in total. The molecule has 0 saturated heterocycles. The highest BCUT2D eigenvalue weighted by atomic mass is 35.5. The molecule has 0 aliphatic rings. The number of anilines is 3. The van der Waals surface area contributed by atoms with Gasteiger partial charge in [-0.25, -0.2) is 9.97 Å². The van der Waals surface area contributed by atoms with Crippen molar-refractivity contribution >= 4 is 75.5 Å². The molecule has 6 N–H and O–H groups in total. The number of rotatable bonds is 6. The Bertz CT molecular complexity index is 1070. The number of nitrogens with zero attached hydrogens (tertiary/aromatic N) is 2. The molecule has 0 unspecified atom stereocenters. The fourth-order valence-corrected chi connectivity index (χ4v) is 3.30. The number of nitrogens with two attached hydrogens (primary N) is 1. The van der Waals surface area contributed by atoms with Crippen LogP contribution in [0.25, 0.3) is 0 Å². The number of nitrogens with one attached hydrogen (secondary N) is 4. The summed E-state index contributed by atoms with van der Waals surface area (Å²) in [6, 6.07) is 8.87. The van der Waals surface area contributed by atoms with Crippen molar-refractivity contribution in [2.45, 2.75) is 0 Å². The van der Waals surface area contributed by atoms with E-state index in [1.54, 1.807) is 0 Å². The third-order valence-electron chi connectivity index (χ3n) is 3.82. The Labute approximate surface area is 196 Å². The van der Waals surface area contributed by atoms with Gasteiger partial charge in [-0.15, -0.1) is 0 Å². The smallest absolute Gasteiger partial charge is 0.271 e. The van der Waals surface area contributed by atoms with Gasteiger partial charge in [0, 0.05) is 10.0 Å². The van der Waals surface area contributed by atoms with E-state index in [0.29, 0.717) is 10.0 Å². The van der Waals surface area contributed by atoms with Crippen LogP contribution < -0.4 is 27.4 Å². The highest BCUT2D eigenvalue weighted by molar-refractivity contribution is 6.37. The molecule has 0 fully saturated rings. The Morgan fingerprint density at radius 2 is 1.16 bits per heavy atom. The molecule has 1 aromatic heterocycles. The molecular formula is C18H13Cl4N7O2.